The number of aliphatic hydroxyl groups is 1. The highest BCUT2D eigenvalue weighted by molar-refractivity contribution is 7.10. The summed E-state index contributed by atoms with van der Waals surface area (Å²) in [6, 6.07) is 10.2. The maximum Gasteiger partial charge on any atom is 0.295 e. The minimum Gasteiger partial charge on any atom is -0.507 e. The summed E-state index contributed by atoms with van der Waals surface area (Å²) in [6.45, 7) is 3.74. The zero-order valence-corrected chi connectivity index (χ0v) is 19.3. The van der Waals surface area contributed by atoms with Gasteiger partial charge in [-0.3, -0.25) is 9.59 Å². The van der Waals surface area contributed by atoms with Crippen LogP contribution in [0.2, 0.25) is 0 Å². The van der Waals surface area contributed by atoms with Crippen molar-refractivity contribution in [1.29, 1.82) is 0 Å². The van der Waals surface area contributed by atoms with Crippen LogP contribution in [0.1, 0.15) is 42.7 Å². The van der Waals surface area contributed by atoms with E-state index in [1.54, 1.807) is 35.6 Å². The molecule has 1 aliphatic rings. The number of unbranched alkanes of at least 4 members (excludes halogenated alkanes) is 1. The van der Waals surface area contributed by atoms with Crippen LogP contribution in [0.5, 0.6) is 5.75 Å². The van der Waals surface area contributed by atoms with Crippen molar-refractivity contribution in [2.75, 3.05) is 13.2 Å². The van der Waals surface area contributed by atoms with E-state index in [-0.39, 0.29) is 11.3 Å². The Labute approximate surface area is 196 Å². The number of ketones is 1. The fourth-order valence-corrected chi connectivity index (χ4v) is 4.76. The summed E-state index contributed by atoms with van der Waals surface area (Å²) >= 11 is 1.46. The molecule has 172 valence electrons. The molecular formula is C25H27N3O4S. The van der Waals surface area contributed by atoms with Crippen LogP contribution in [0.15, 0.2) is 66.1 Å². The molecule has 1 amide bonds. The molecule has 0 aliphatic carbocycles. The third-order valence-electron chi connectivity index (χ3n) is 5.60. The Balaban J connectivity index is 1.64. The van der Waals surface area contributed by atoms with E-state index in [1.165, 1.54) is 11.3 Å². The number of aliphatic hydroxyl groups excluding tert-OH is 1. The molecule has 1 saturated heterocycles. The molecule has 1 N–H and O–H groups in total. The first-order chi connectivity index (χ1) is 16.1. The lowest BCUT2D eigenvalue weighted by atomic mass is 9.99. The highest BCUT2D eigenvalue weighted by Crippen LogP contribution is 2.41. The Bertz CT molecular complexity index is 1120. The van der Waals surface area contributed by atoms with Gasteiger partial charge in [-0.25, -0.2) is 4.98 Å². The average molecular weight is 466 g/mol. The summed E-state index contributed by atoms with van der Waals surface area (Å²) < 4.78 is 7.69. The zero-order chi connectivity index (χ0) is 23.2. The monoisotopic (exact) mass is 465 g/mol. The van der Waals surface area contributed by atoms with Gasteiger partial charge in [0.25, 0.3) is 11.7 Å². The Morgan fingerprint density at radius 2 is 2.06 bits per heavy atom. The third-order valence-corrected chi connectivity index (χ3v) is 6.53. The molecule has 7 nitrogen and oxygen atoms in total. The molecular weight excluding hydrogens is 438 g/mol. The minimum atomic E-state index is -0.661. The number of aryl methyl sites for hydroxylation is 1. The topological polar surface area (TPSA) is 84.7 Å². The van der Waals surface area contributed by atoms with E-state index in [4.69, 9.17) is 4.74 Å². The molecule has 8 heteroatoms. The molecule has 0 bridgehead atoms. The van der Waals surface area contributed by atoms with E-state index in [0.29, 0.717) is 37.4 Å². The first-order valence-electron chi connectivity index (χ1n) is 11.1. The van der Waals surface area contributed by atoms with Crippen molar-refractivity contribution >= 4 is 28.8 Å². The van der Waals surface area contributed by atoms with Crippen molar-refractivity contribution in [1.82, 2.24) is 14.5 Å². The lowest BCUT2D eigenvalue weighted by Crippen LogP contribution is -2.31. The molecule has 0 radical (unpaired) electrons. The van der Waals surface area contributed by atoms with Crippen molar-refractivity contribution in [3.05, 3.63) is 76.5 Å². The van der Waals surface area contributed by atoms with Crippen LogP contribution in [0, 0.1) is 0 Å². The van der Waals surface area contributed by atoms with Gasteiger partial charge >= 0.3 is 0 Å². The van der Waals surface area contributed by atoms with Crippen molar-refractivity contribution in [2.24, 2.45) is 0 Å². The number of amides is 1. The predicted octanol–water partition coefficient (Wildman–Crippen LogP) is 4.64. The molecule has 4 rings (SSSR count). The van der Waals surface area contributed by atoms with Crippen LogP contribution in [0.3, 0.4) is 0 Å². The SMILES string of the molecule is CCCCOc1cccc(/C(O)=C2/C(=O)C(=O)N(CCCn3ccnc3)C2c2cccs2)c1. The molecule has 3 heterocycles. The number of hydrogen-bond donors (Lipinski definition) is 1. The first-order valence-corrected chi connectivity index (χ1v) is 12.0. The van der Waals surface area contributed by atoms with Gasteiger partial charge in [-0.15, -0.1) is 11.3 Å². The number of ether oxygens (including phenoxy) is 1. The van der Waals surface area contributed by atoms with Gasteiger partial charge in [0.2, 0.25) is 0 Å². The number of likely N-dealkylation sites (tertiary alicyclic amines) is 1. The van der Waals surface area contributed by atoms with Gasteiger partial charge in [-0.1, -0.05) is 31.5 Å². The van der Waals surface area contributed by atoms with Gasteiger partial charge in [0.1, 0.15) is 11.5 Å². The van der Waals surface area contributed by atoms with Crippen molar-refractivity contribution in [2.45, 2.75) is 38.8 Å². The normalized spacial score (nSPS) is 17.6. The lowest BCUT2D eigenvalue weighted by Gasteiger charge is -2.24. The van der Waals surface area contributed by atoms with E-state index in [2.05, 4.69) is 11.9 Å². The maximum atomic E-state index is 13.1. The van der Waals surface area contributed by atoms with E-state index in [1.807, 2.05) is 34.3 Å². The van der Waals surface area contributed by atoms with Crippen LogP contribution in [0.25, 0.3) is 5.76 Å². The van der Waals surface area contributed by atoms with E-state index in [9.17, 15) is 14.7 Å². The van der Waals surface area contributed by atoms with Gasteiger partial charge < -0.3 is 19.3 Å². The summed E-state index contributed by atoms with van der Waals surface area (Å²) in [4.78, 5) is 32.5. The number of aromatic nitrogens is 2. The maximum absolute atomic E-state index is 13.1. The van der Waals surface area contributed by atoms with E-state index >= 15 is 0 Å². The summed E-state index contributed by atoms with van der Waals surface area (Å²) in [5.74, 6) is -0.804. The number of carbonyl (C=O) groups excluding carboxylic acids is 2. The molecule has 1 unspecified atom stereocenters. The minimum absolute atomic E-state index is 0.121. The Morgan fingerprint density at radius 1 is 1.18 bits per heavy atom. The van der Waals surface area contributed by atoms with E-state index in [0.717, 1.165) is 17.7 Å². The largest absolute Gasteiger partial charge is 0.507 e. The van der Waals surface area contributed by atoms with Gasteiger partial charge in [0.05, 0.1) is 24.5 Å². The zero-order valence-electron chi connectivity index (χ0n) is 18.5. The number of rotatable bonds is 10. The molecule has 1 fully saturated rings. The van der Waals surface area contributed by atoms with Crippen molar-refractivity contribution in [3.8, 4) is 5.75 Å². The predicted molar refractivity (Wildman–Crippen MR) is 127 cm³/mol. The van der Waals surface area contributed by atoms with Crippen LogP contribution < -0.4 is 4.74 Å². The third kappa shape index (κ3) is 5.01. The number of benzene rings is 1. The lowest BCUT2D eigenvalue weighted by molar-refractivity contribution is -0.139. The Hall–Kier alpha value is -3.39. The quantitative estimate of drug-likeness (QED) is 0.204. The van der Waals surface area contributed by atoms with Gasteiger partial charge in [-0.2, -0.15) is 0 Å². The molecule has 0 saturated carbocycles. The van der Waals surface area contributed by atoms with Crippen LogP contribution in [0.4, 0.5) is 0 Å². The van der Waals surface area contributed by atoms with Gasteiger partial charge in [0.15, 0.2) is 0 Å². The fourth-order valence-electron chi connectivity index (χ4n) is 3.92. The molecule has 3 aromatic rings. The Kier molecular flexibility index (Phi) is 7.24. The van der Waals surface area contributed by atoms with Crippen molar-refractivity contribution < 1.29 is 19.4 Å². The molecule has 33 heavy (non-hydrogen) atoms. The summed E-state index contributed by atoms with van der Waals surface area (Å²) in [5, 5.41) is 13.1. The number of imidazole rings is 1. The standard InChI is InChI=1S/C25H27N3O4S/c1-2-3-14-32-19-8-4-7-18(16-19)23(29)21-22(20-9-5-15-33-20)28(25(31)24(21)30)12-6-11-27-13-10-26-17-27/h4-5,7-10,13,15-17,22,29H,2-3,6,11-12,14H2,1H3/b23-21-. The van der Waals surface area contributed by atoms with E-state index < -0.39 is 17.7 Å². The highest BCUT2D eigenvalue weighted by atomic mass is 32.1. The molecule has 1 aromatic carbocycles. The molecule has 1 aliphatic heterocycles. The Morgan fingerprint density at radius 3 is 2.79 bits per heavy atom. The van der Waals surface area contributed by atoms with Gasteiger partial charge in [-0.05, 0) is 36.4 Å². The number of carbonyl (C=O) groups is 2. The summed E-state index contributed by atoms with van der Waals surface area (Å²) in [5.41, 5.74) is 0.581. The number of thiophene rings is 1. The molecule has 0 spiro atoms. The molecule has 2 aromatic heterocycles. The van der Waals surface area contributed by atoms with Crippen LogP contribution in [-0.4, -0.2) is 44.4 Å². The second-order valence-electron chi connectivity index (χ2n) is 7.89. The number of Topliss-reactive ketones (excluding diaryl/α,β-unsaturated/α-hetero) is 1. The number of hydrogen-bond acceptors (Lipinski definition) is 6. The van der Waals surface area contributed by atoms with Crippen LogP contribution >= 0.6 is 11.3 Å². The smallest absolute Gasteiger partial charge is 0.295 e. The fraction of sp³-hybridized carbons (Fsp3) is 0.320. The first kappa shape index (κ1) is 22.8. The summed E-state index contributed by atoms with van der Waals surface area (Å²) in [7, 11) is 0. The second-order valence-corrected chi connectivity index (χ2v) is 8.87. The van der Waals surface area contributed by atoms with Crippen molar-refractivity contribution in [3.63, 3.8) is 0 Å². The van der Waals surface area contributed by atoms with Crippen LogP contribution in [-0.2, 0) is 16.1 Å². The summed E-state index contributed by atoms with van der Waals surface area (Å²) in [6.07, 6.45) is 7.90. The van der Waals surface area contributed by atoms with Gasteiger partial charge in [0, 0.05) is 35.9 Å². The second kappa shape index (κ2) is 10.5. The highest BCUT2D eigenvalue weighted by Gasteiger charge is 2.46. The average Bonchev–Trinajstić information content (AvgIpc) is 3.58. The molecule has 1 atom stereocenters. The number of nitrogens with zero attached hydrogens (tertiary/aromatic N) is 3.